The number of hydrogen-bond donors (Lipinski definition) is 2. The molecule has 16 heavy (non-hydrogen) atoms. The molecule has 6 heteroatoms. The van der Waals surface area contributed by atoms with Crippen molar-refractivity contribution >= 4 is 17.5 Å². The van der Waals surface area contributed by atoms with Crippen molar-refractivity contribution in [3.63, 3.8) is 0 Å². The highest BCUT2D eigenvalue weighted by Crippen LogP contribution is 2.22. The summed E-state index contributed by atoms with van der Waals surface area (Å²) in [5.74, 6) is 0.596. The number of anilines is 2. The van der Waals surface area contributed by atoms with Crippen LogP contribution in [0, 0.1) is 0 Å². The minimum absolute atomic E-state index is 0.198. The van der Waals surface area contributed by atoms with Crippen molar-refractivity contribution < 1.29 is 9.42 Å². The van der Waals surface area contributed by atoms with Gasteiger partial charge in [-0.1, -0.05) is 6.08 Å². The van der Waals surface area contributed by atoms with Gasteiger partial charge in [0, 0.05) is 12.6 Å². The Labute approximate surface area is 93.1 Å². The molecule has 0 atom stereocenters. The summed E-state index contributed by atoms with van der Waals surface area (Å²) in [6.07, 6.45) is 6.59. The summed E-state index contributed by atoms with van der Waals surface area (Å²) < 4.78 is 4.58. The fraction of sp³-hybridized carbons (Fsp3) is 0.500. The normalized spacial score (nSPS) is 15.4. The topological polar surface area (TPSA) is 80.1 Å². The predicted molar refractivity (Wildman–Crippen MR) is 58.8 cm³/mol. The molecule has 0 saturated carbocycles. The molecular formula is C10H14N4O2. The first-order valence-corrected chi connectivity index (χ1v) is 5.32. The van der Waals surface area contributed by atoms with E-state index < -0.39 is 0 Å². The number of hydrogen-bond acceptors (Lipinski definition) is 5. The summed E-state index contributed by atoms with van der Waals surface area (Å²) in [6.45, 7) is 1.42. The molecule has 1 aliphatic rings. The van der Waals surface area contributed by atoms with Gasteiger partial charge in [0.05, 0.1) is 0 Å². The lowest BCUT2D eigenvalue weighted by Gasteiger charge is -2.13. The van der Waals surface area contributed by atoms with Crippen LogP contribution in [0.15, 0.2) is 16.4 Å². The molecule has 1 aromatic heterocycles. The quantitative estimate of drug-likeness (QED) is 0.816. The van der Waals surface area contributed by atoms with Crippen LogP contribution < -0.4 is 10.6 Å². The summed E-state index contributed by atoms with van der Waals surface area (Å²) in [6, 6.07) is 0. The minimum atomic E-state index is -0.198. The number of allylic oxidation sites excluding steroid dienone is 2. The Balaban J connectivity index is 2.06. The predicted octanol–water partition coefficient (Wildman–Crippen LogP) is 1.90. The average molecular weight is 222 g/mol. The molecule has 1 amide bonds. The maximum atomic E-state index is 10.9. The van der Waals surface area contributed by atoms with Gasteiger partial charge in [0.15, 0.2) is 0 Å². The molecule has 1 aliphatic carbocycles. The van der Waals surface area contributed by atoms with E-state index in [4.69, 9.17) is 0 Å². The van der Waals surface area contributed by atoms with Gasteiger partial charge in [-0.05, 0) is 36.0 Å². The molecule has 0 fully saturated rings. The zero-order valence-corrected chi connectivity index (χ0v) is 9.12. The molecule has 6 nitrogen and oxygen atoms in total. The molecule has 0 radical (unpaired) electrons. The van der Waals surface area contributed by atoms with Crippen molar-refractivity contribution in [1.29, 1.82) is 0 Å². The summed E-state index contributed by atoms with van der Waals surface area (Å²) in [7, 11) is 0. The Morgan fingerprint density at radius 1 is 1.38 bits per heavy atom. The van der Waals surface area contributed by atoms with E-state index >= 15 is 0 Å². The molecule has 1 aromatic rings. The van der Waals surface area contributed by atoms with Crippen LogP contribution in [-0.2, 0) is 4.79 Å². The Hall–Kier alpha value is -1.85. The molecule has 1 heterocycles. The van der Waals surface area contributed by atoms with Crippen molar-refractivity contribution in [3.05, 3.63) is 11.8 Å². The highest BCUT2D eigenvalue weighted by Gasteiger charge is 2.13. The number of aromatic nitrogens is 2. The lowest BCUT2D eigenvalue weighted by Crippen LogP contribution is -2.10. The lowest BCUT2D eigenvalue weighted by molar-refractivity contribution is -0.114. The molecule has 2 rings (SSSR count). The zero-order chi connectivity index (χ0) is 11.4. The summed E-state index contributed by atoms with van der Waals surface area (Å²) >= 11 is 0. The highest BCUT2D eigenvalue weighted by molar-refractivity contribution is 5.90. The van der Waals surface area contributed by atoms with E-state index in [9.17, 15) is 4.79 Å². The Morgan fingerprint density at radius 3 is 2.88 bits per heavy atom. The van der Waals surface area contributed by atoms with Crippen LogP contribution in [0.4, 0.5) is 11.6 Å². The zero-order valence-electron chi connectivity index (χ0n) is 9.12. The van der Waals surface area contributed by atoms with Gasteiger partial charge in [-0.3, -0.25) is 4.79 Å². The van der Waals surface area contributed by atoms with E-state index in [0.717, 1.165) is 18.5 Å². The Morgan fingerprint density at radius 2 is 2.19 bits per heavy atom. The molecule has 0 unspecified atom stereocenters. The van der Waals surface area contributed by atoms with Crippen molar-refractivity contribution in [1.82, 2.24) is 10.3 Å². The van der Waals surface area contributed by atoms with Gasteiger partial charge >= 0.3 is 0 Å². The van der Waals surface area contributed by atoms with Crippen LogP contribution in [-0.4, -0.2) is 16.2 Å². The van der Waals surface area contributed by atoms with Gasteiger partial charge < -0.3 is 10.6 Å². The lowest BCUT2D eigenvalue weighted by atomic mass is 10.1. The third-order valence-corrected chi connectivity index (χ3v) is 2.35. The van der Waals surface area contributed by atoms with Crippen molar-refractivity contribution in [2.45, 2.75) is 32.6 Å². The Bertz CT molecular complexity index is 411. The monoisotopic (exact) mass is 222 g/mol. The summed E-state index contributed by atoms with van der Waals surface area (Å²) in [5, 5.41) is 13.0. The maximum Gasteiger partial charge on any atom is 0.222 e. The average Bonchev–Trinajstić information content (AvgIpc) is 2.66. The summed E-state index contributed by atoms with van der Waals surface area (Å²) in [4.78, 5) is 10.9. The van der Waals surface area contributed by atoms with Crippen LogP contribution in [0.1, 0.15) is 32.6 Å². The van der Waals surface area contributed by atoms with Crippen LogP contribution in [0.5, 0.6) is 0 Å². The number of nitrogens with one attached hydrogen (secondary N) is 2. The van der Waals surface area contributed by atoms with E-state index in [2.05, 4.69) is 31.7 Å². The number of nitrogens with zero attached hydrogens (tertiary/aromatic N) is 2. The molecule has 2 N–H and O–H groups in total. The second kappa shape index (κ2) is 4.78. The number of carbonyl (C=O) groups excluding carboxylic acids is 1. The van der Waals surface area contributed by atoms with Gasteiger partial charge in [-0.25, -0.2) is 4.63 Å². The van der Waals surface area contributed by atoms with Crippen molar-refractivity contribution in [2.75, 3.05) is 10.6 Å². The van der Waals surface area contributed by atoms with Crippen LogP contribution >= 0.6 is 0 Å². The molecule has 0 saturated heterocycles. The number of amides is 1. The third kappa shape index (κ3) is 2.59. The molecule has 0 spiro atoms. The molecule has 86 valence electrons. The van der Waals surface area contributed by atoms with Gasteiger partial charge in [-0.2, -0.15) is 0 Å². The van der Waals surface area contributed by atoms with E-state index in [1.165, 1.54) is 19.8 Å². The smallest absolute Gasteiger partial charge is 0.222 e. The SMILES string of the molecule is CC(=O)Nc1nonc1NC1=CCCCC1. The first-order valence-electron chi connectivity index (χ1n) is 5.32. The first-order chi connectivity index (χ1) is 7.75. The second-order valence-electron chi connectivity index (χ2n) is 3.74. The van der Waals surface area contributed by atoms with E-state index in [0.29, 0.717) is 11.6 Å². The highest BCUT2D eigenvalue weighted by atomic mass is 16.6. The number of carbonyl (C=O) groups is 1. The summed E-state index contributed by atoms with van der Waals surface area (Å²) in [5.41, 5.74) is 1.11. The van der Waals surface area contributed by atoms with Gasteiger partial charge in [0.2, 0.25) is 17.5 Å². The van der Waals surface area contributed by atoms with Gasteiger partial charge in [-0.15, -0.1) is 0 Å². The van der Waals surface area contributed by atoms with E-state index in [1.54, 1.807) is 0 Å². The molecule has 0 bridgehead atoms. The fourth-order valence-electron chi connectivity index (χ4n) is 1.62. The van der Waals surface area contributed by atoms with Crippen molar-refractivity contribution in [2.24, 2.45) is 0 Å². The molecule has 0 aliphatic heterocycles. The van der Waals surface area contributed by atoms with Gasteiger partial charge in [0.1, 0.15) is 0 Å². The van der Waals surface area contributed by atoms with E-state index in [1.807, 2.05) is 0 Å². The van der Waals surface area contributed by atoms with E-state index in [-0.39, 0.29) is 5.91 Å². The van der Waals surface area contributed by atoms with Crippen LogP contribution in [0.2, 0.25) is 0 Å². The first kappa shape index (κ1) is 10.7. The molecular weight excluding hydrogens is 208 g/mol. The third-order valence-electron chi connectivity index (χ3n) is 2.35. The van der Waals surface area contributed by atoms with Crippen LogP contribution in [0.25, 0.3) is 0 Å². The largest absolute Gasteiger partial charge is 0.338 e. The van der Waals surface area contributed by atoms with Crippen molar-refractivity contribution in [3.8, 4) is 0 Å². The minimum Gasteiger partial charge on any atom is -0.338 e. The Kier molecular flexibility index (Phi) is 3.19. The van der Waals surface area contributed by atoms with Gasteiger partial charge in [0.25, 0.3) is 0 Å². The fourth-order valence-corrected chi connectivity index (χ4v) is 1.62. The van der Waals surface area contributed by atoms with Crippen LogP contribution in [0.3, 0.4) is 0 Å². The molecule has 0 aromatic carbocycles. The number of rotatable bonds is 3. The second-order valence-corrected chi connectivity index (χ2v) is 3.74. The standard InChI is InChI=1S/C10H14N4O2/c1-7(15)11-9-10(14-16-13-9)12-8-5-3-2-4-6-8/h5H,2-4,6H2,1H3,(H,12,14)(H,11,13,15). The maximum absolute atomic E-state index is 10.9.